The van der Waals surface area contributed by atoms with Crippen LogP contribution in [0, 0.1) is 0 Å². The third-order valence-corrected chi connectivity index (χ3v) is 4.89. The van der Waals surface area contributed by atoms with Gasteiger partial charge in [0.05, 0.1) is 11.6 Å². The number of fused-ring (bicyclic) bond motifs is 2. The van der Waals surface area contributed by atoms with Crippen molar-refractivity contribution in [1.29, 1.82) is 0 Å². The standard InChI is InChI=1S/C21H16ClN3O5/c1-2-16(15-5-7-23-17-10-13(22)3-4-14(15)17)24-25-8-6-18-20(25)30-19(27)9-12(11-26)21(28)29-18/h3-11,16,24H,2H2,1H3/b12-9-. The van der Waals surface area contributed by atoms with Crippen LogP contribution < -0.4 is 14.9 Å². The van der Waals surface area contributed by atoms with Gasteiger partial charge in [-0.15, -0.1) is 0 Å². The summed E-state index contributed by atoms with van der Waals surface area (Å²) in [7, 11) is 0. The van der Waals surface area contributed by atoms with E-state index in [1.807, 2.05) is 19.1 Å². The van der Waals surface area contributed by atoms with E-state index in [0.29, 0.717) is 11.4 Å². The van der Waals surface area contributed by atoms with Crippen molar-refractivity contribution in [2.45, 2.75) is 19.4 Å². The second kappa shape index (κ2) is 8.00. The van der Waals surface area contributed by atoms with Gasteiger partial charge in [-0.3, -0.25) is 9.78 Å². The maximum Gasteiger partial charge on any atom is 0.347 e. The molecule has 0 radical (unpaired) electrons. The number of carbonyl (C=O) groups is 3. The molecule has 0 amide bonds. The molecule has 9 heteroatoms. The number of aromatic nitrogens is 2. The number of nitrogens with zero attached hydrogens (tertiary/aromatic N) is 2. The van der Waals surface area contributed by atoms with E-state index in [1.165, 1.54) is 10.7 Å². The second-order valence-electron chi connectivity index (χ2n) is 6.53. The number of pyridine rings is 1. The lowest BCUT2D eigenvalue weighted by Crippen LogP contribution is -2.24. The number of ether oxygens (including phenoxy) is 2. The monoisotopic (exact) mass is 425 g/mol. The summed E-state index contributed by atoms with van der Waals surface area (Å²) < 4.78 is 11.9. The van der Waals surface area contributed by atoms with Gasteiger partial charge in [-0.25, -0.2) is 14.3 Å². The van der Waals surface area contributed by atoms with Crippen LogP contribution in [-0.4, -0.2) is 27.9 Å². The molecule has 4 rings (SSSR count). The molecular weight excluding hydrogens is 410 g/mol. The molecule has 1 aliphatic rings. The normalized spacial score (nSPS) is 16.4. The first-order chi connectivity index (χ1) is 14.5. The minimum absolute atomic E-state index is 0.00871. The third-order valence-electron chi connectivity index (χ3n) is 4.66. The lowest BCUT2D eigenvalue weighted by atomic mass is 10.0. The van der Waals surface area contributed by atoms with Gasteiger partial charge in [-0.05, 0) is 30.2 Å². The van der Waals surface area contributed by atoms with Crippen molar-refractivity contribution >= 4 is 40.7 Å². The number of aldehydes is 1. The van der Waals surface area contributed by atoms with Crippen LogP contribution in [0.5, 0.6) is 11.6 Å². The number of benzene rings is 1. The number of esters is 2. The number of carbonyl (C=O) groups excluding carboxylic acids is 3. The number of rotatable bonds is 5. The fraction of sp³-hybridized carbons (Fsp3) is 0.143. The quantitative estimate of drug-likeness (QED) is 0.380. The Bertz CT molecular complexity index is 1200. The number of hydrogen-bond acceptors (Lipinski definition) is 7. The van der Waals surface area contributed by atoms with Crippen LogP contribution >= 0.6 is 11.6 Å². The third kappa shape index (κ3) is 3.65. The molecule has 1 N–H and O–H groups in total. The average Bonchev–Trinajstić information content (AvgIpc) is 3.08. The highest BCUT2D eigenvalue weighted by molar-refractivity contribution is 6.31. The Hall–Kier alpha value is -3.65. The summed E-state index contributed by atoms with van der Waals surface area (Å²) >= 11 is 6.08. The fourth-order valence-electron chi connectivity index (χ4n) is 3.23. The molecule has 0 aliphatic carbocycles. The Morgan fingerprint density at radius 2 is 2.07 bits per heavy atom. The van der Waals surface area contributed by atoms with E-state index < -0.39 is 17.5 Å². The van der Waals surface area contributed by atoms with Crippen molar-refractivity contribution in [1.82, 2.24) is 9.66 Å². The van der Waals surface area contributed by atoms with E-state index in [-0.39, 0.29) is 24.0 Å². The molecule has 1 aliphatic heterocycles. The zero-order chi connectivity index (χ0) is 21.3. The Kier molecular flexibility index (Phi) is 5.24. The van der Waals surface area contributed by atoms with E-state index in [2.05, 4.69) is 10.4 Å². The molecule has 1 atom stereocenters. The van der Waals surface area contributed by atoms with Crippen LogP contribution in [-0.2, 0) is 14.4 Å². The minimum atomic E-state index is -0.926. The molecule has 8 nitrogen and oxygen atoms in total. The van der Waals surface area contributed by atoms with Crippen molar-refractivity contribution in [3.8, 4) is 11.6 Å². The van der Waals surface area contributed by atoms with E-state index in [0.717, 1.165) is 22.5 Å². The Morgan fingerprint density at radius 3 is 2.83 bits per heavy atom. The van der Waals surface area contributed by atoms with Crippen LogP contribution in [0.3, 0.4) is 0 Å². The second-order valence-corrected chi connectivity index (χ2v) is 6.97. The van der Waals surface area contributed by atoms with Crippen LogP contribution in [0.15, 0.2) is 54.4 Å². The maximum absolute atomic E-state index is 12.1. The Labute approximate surface area is 176 Å². The van der Waals surface area contributed by atoms with Gasteiger partial charge in [-0.1, -0.05) is 24.6 Å². The Balaban J connectivity index is 1.69. The number of hydrogen-bond donors (Lipinski definition) is 1. The summed E-state index contributed by atoms with van der Waals surface area (Å²) in [5.41, 5.74) is 4.58. The summed E-state index contributed by atoms with van der Waals surface area (Å²) in [6, 6.07) is 8.67. The van der Waals surface area contributed by atoms with Crippen molar-refractivity contribution in [2.75, 3.05) is 5.43 Å². The van der Waals surface area contributed by atoms with Gasteiger partial charge in [0, 0.05) is 34.9 Å². The topological polar surface area (TPSA) is 99.5 Å². The maximum atomic E-state index is 12.1. The highest BCUT2D eigenvalue weighted by atomic mass is 35.5. The first-order valence-corrected chi connectivity index (χ1v) is 9.51. The highest BCUT2D eigenvalue weighted by Gasteiger charge is 2.25. The van der Waals surface area contributed by atoms with Gasteiger partial charge in [0.15, 0.2) is 12.0 Å². The summed E-state index contributed by atoms with van der Waals surface area (Å²) in [5, 5.41) is 1.52. The summed E-state index contributed by atoms with van der Waals surface area (Å²) in [5.74, 6) is -1.75. The molecule has 0 bridgehead atoms. The Morgan fingerprint density at radius 1 is 1.23 bits per heavy atom. The SMILES string of the molecule is CCC(Nn1ccc2c1OC(=O)/C=C(/C=O)C(=O)O2)c1ccnc2cc(Cl)ccc12. The molecule has 0 saturated carbocycles. The van der Waals surface area contributed by atoms with Crippen LogP contribution in [0.1, 0.15) is 24.9 Å². The largest absolute Gasteiger partial charge is 0.417 e. The molecule has 1 unspecified atom stereocenters. The molecule has 0 fully saturated rings. The van der Waals surface area contributed by atoms with Crippen LogP contribution in [0.4, 0.5) is 0 Å². The predicted molar refractivity (Wildman–Crippen MR) is 109 cm³/mol. The van der Waals surface area contributed by atoms with Gasteiger partial charge in [0.25, 0.3) is 5.88 Å². The van der Waals surface area contributed by atoms with Gasteiger partial charge in [0.1, 0.15) is 5.57 Å². The van der Waals surface area contributed by atoms with Crippen molar-refractivity contribution in [2.24, 2.45) is 0 Å². The molecule has 3 aromatic rings. The van der Waals surface area contributed by atoms with Crippen LogP contribution in [0.25, 0.3) is 10.9 Å². The van der Waals surface area contributed by atoms with Crippen LogP contribution in [0.2, 0.25) is 5.02 Å². The zero-order valence-electron chi connectivity index (χ0n) is 15.8. The number of halogens is 1. The van der Waals surface area contributed by atoms with E-state index >= 15 is 0 Å². The summed E-state index contributed by atoms with van der Waals surface area (Å²) in [6.07, 6.45) is 5.01. The molecule has 2 aromatic heterocycles. The smallest absolute Gasteiger partial charge is 0.347 e. The van der Waals surface area contributed by atoms with Gasteiger partial charge >= 0.3 is 11.9 Å². The predicted octanol–water partition coefficient (Wildman–Crippen LogP) is 3.33. The van der Waals surface area contributed by atoms with E-state index in [4.69, 9.17) is 21.1 Å². The minimum Gasteiger partial charge on any atom is -0.417 e. The molecule has 0 saturated heterocycles. The first-order valence-electron chi connectivity index (χ1n) is 9.13. The van der Waals surface area contributed by atoms with Gasteiger partial charge < -0.3 is 14.9 Å². The van der Waals surface area contributed by atoms with Gasteiger partial charge in [-0.2, -0.15) is 0 Å². The fourth-order valence-corrected chi connectivity index (χ4v) is 3.39. The molecule has 152 valence electrons. The molecule has 1 aromatic carbocycles. The van der Waals surface area contributed by atoms with Crippen molar-refractivity contribution < 1.29 is 23.9 Å². The zero-order valence-corrected chi connectivity index (χ0v) is 16.6. The lowest BCUT2D eigenvalue weighted by Gasteiger charge is -2.22. The molecule has 30 heavy (non-hydrogen) atoms. The van der Waals surface area contributed by atoms with Crippen molar-refractivity contribution in [3.63, 3.8) is 0 Å². The lowest BCUT2D eigenvalue weighted by molar-refractivity contribution is -0.135. The highest BCUT2D eigenvalue weighted by Crippen LogP contribution is 2.33. The number of nitrogens with one attached hydrogen (secondary N) is 1. The van der Waals surface area contributed by atoms with E-state index in [1.54, 1.807) is 24.5 Å². The molecular formula is C21H16ClN3O5. The van der Waals surface area contributed by atoms with Gasteiger partial charge in [0.2, 0.25) is 0 Å². The molecule has 0 spiro atoms. The summed E-state index contributed by atoms with van der Waals surface area (Å²) in [4.78, 5) is 39.4. The summed E-state index contributed by atoms with van der Waals surface area (Å²) in [6.45, 7) is 2.00. The van der Waals surface area contributed by atoms with E-state index in [9.17, 15) is 14.4 Å². The molecule has 3 heterocycles. The first kappa shape index (κ1) is 19.7. The van der Waals surface area contributed by atoms with Crippen molar-refractivity contribution in [3.05, 3.63) is 65.0 Å². The average molecular weight is 426 g/mol.